The van der Waals surface area contributed by atoms with E-state index in [4.69, 9.17) is 4.74 Å². The number of amides is 2. The average Bonchev–Trinajstić information content (AvgIpc) is 2.73. The van der Waals surface area contributed by atoms with Crippen LogP contribution in [0, 0.1) is 13.8 Å². The number of carbonyl (C=O) groups is 2. The maximum atomic E-state index is 13.1. The van der Waals surface area contributed by atoms with Crippen molar-refractivity contribution in [3.8, 4) is 22.3 Å². The minimum Gasteiger partial charge on any atom is -0.443 e. The quantitative estimate of drug-likeness (QED) is 0.440. The lowest BCUT2D eigenvalue weighted by Crippen LogP contribution is -2.40. The first-order valence-electron chi connectivity index (χ1n) is 11.2. The Morgan fingerprint density at radius 3 is 1.88 bits per heavy atom. The molecule has 2 aromatic carbocycles. The molecule has 0 unspecified atom stereocenters. The molecule has 0 N–H and O–H groups in total. The fourth-order valence-electron chi connectivity index (χ4n) is 3.75. The molecule has 0 spiro atoms. The van der Waals surface area contributed by atoms with E-state index in [0.29, 0.717) is 6.42 Å². The summed E-state index contributed by atoms with van der Waals surface area (Å²) in [6, 6.07) is 16.3. The number of anilines is 1. The number of nitrogens with zero attached hydrogens (tertiary/aromatic N) is 2. The predicted octanol–water partition coefficient (Wildman–Crippen LogP) is 6.88. The Labute approximate surface area is 196 Å². The third-order valence-electron chi connectivity index (χ3n) is 5.33. The van der Waals surface area contributed by atoms with Gasteiger partial charge in [0, 0.05) is 24.2 Å². The number of carbonyl (C=O) groups excluding carboxylic acids is 2. The number of imide groups is 1. The van der Waals surface area contributed by atoms with Crippen molar-refractivity contribution in [3.63, 3.8) is 0 Å². The van der Waals surface area contributed by atoms with Crippen LogP contribution < -0.4 is 4.90 Å². The molecule has 0 aliphatic heterocycles. The van der Waals surface area contributed by atoms with Crippen molar-refractivity contribution in [2.45, 2.75) is 60.5 Å². The van der Waals surface area contributed by atoms with Crippen molar-refractivity contribution < 1.29 is 14.3 Å². The van der Waals surface area contributed by atoms with E-state index in [9.17, 15) is 9.59 Å². The monoisotopic (exact) mass is 444 g/mol. The summed E-state index contributed by atoms with van der Waals surface area (Å²) in [5.41, 5.74) is 6.23. The van der Waals surface area contributed by atoms with Crippen molar-refractivity contribution in [1.82, 2.24) is 4.98 Å². The Hall–Kier alpha value is -3.47. The van der Waals surface area contributed by atoms with E-state index >= 15 is 0 Å². The number of ether oxygens (including phenoxy) is 1. The van der Waals surface area contributed by atoms with Crippen LogP contribution in [0.4, 0.5) is 10.6 Å². The molecule has 0 atom stereocenters. The molecule has 3 rings (SSSR count). The second-order valence-corrected chi connectivity index (χ2v) is 9.27. The van der Waals surface area contributed by atoms with E-state index in [2.05, 4.69) is 43.1 Å². The number of aryl methyl sites for hydroxylation is 2. The largest absolute Gasteiger partial charge is 0.443 e. The summed E-state index contributed by atoms with van der Waals surface area (Å²) in [6.45, 7) is 12.8. The van der Waals surface area contributed by atoms with Gasteiger partial charge in [-0.1, -0.05) is 66.6 Å². The van der Waals surface area contributed by atoms with Crippen LogP contribution in [0.2, 0.25) is 0 Å². The van der Waals surface area contributed by atoms with E-state index in [1.807, 2.05) is 31.2 Å². The van der Waals surface area contributed by atoms with E-state index in [1.54, 1.807) is 27.0 Å². The maximum Gasteiger partial charge on any atom is 0.423 e. The number of pyridine rings is 1. The third-order valence-corrected chi connectivity index (χ3v) is 5.33. The molecule has 3 aromatic rings. The Balaban J connectivity index is 2.31. The molecular formula is C28H32N2O3. The molecule has 0 bridgehead atoms. The Morgan fingerprint density at radius 2 is 1.42 bits per heavy atom. The van der Waals surface area contributed by atoms with Gasteiger partial charge in [0.15, 0.2) is 5.82 Å². The summed E-state index contributed by atoms with van der Waals surface area (Å²) in [5.74, 6) is -0.163. The van der Waals surface area contributed by atoms with Gasteiger partial charge in [-0.3, -0.25) is 4.79 Å². The van der Waals surface area contributed by atoms with Crippen LogP contribution in [0.1, 0.15) is 51.3 Å². The van der Waals surface area contributed by atoms with Crippen molar-refractivity contribution in [2.75, 3.05) is 4.90 Å². The number of hydrogen-bond acceptors (Lipinski definition) is 4. The second kappa shape index (κ2) is 9.57. The van der Waals surface area contributed by atoms with Crippen molar-refractivity contribution in [1.29, 1.82) is 0 Å². The van der Waals surface area contributed by atoms with Crippen LogP contribution in [-0.2, 0) is 16.0 Å². The van der Waals surface area contributed by atoms with Crippen LogP contribution in [0.15, 0.2) is 54.7 Å². The zero-order chi connectivity index (χ0) is 24.3. The minimum absolute atomic E-state index is 0.285. The van der Waals surface area contributed by atoms with Gasteiger partial charge in [0.1, 0.15) is 5.60 Å². The molecule has 0 saturated carbocycles. The molecule has 5 heteroatoms. The van der Waals surface area contributed by atoms with Gasteiger partial charge in [0.25, 0.3) is 0 Å². The average molecular weight is 445 g/mol. The molecule has 2 amide bonds. The zero-order valence-electron chi connectivity index (χ0n) is 20.5. The van der Waals surface area contributed by atoms with Gasteiger partial charge >= 0.3 is 6.09 Å². The van der Waals surface area contributed by atoms with E-state index in [-0.39, 0.29) is 5.82 Å². The lowest BCUT2D eigenvalue weighted by atomic mass is 9.91. The molecule has 1 aromatic heterocycles. The zero-order valence-corrected chi connectivity index (χ0v) is 20.5. The molecule has 0 aliphatic rings. The summed E-state index contributed by atoms with van der Waals surface area (Å²) in [6.07, 6.45) is 1.71. The SMILES string of the molecule is CCc1c(-c2ccc(C)cc2)cnc(N(C(C)=O)C(=O)OC(C)(C)C)c1-c1ccc(C)cc1. The maximum absolute atomic E-state index is 13.1. The van der Waals surface area contributed by atoms with Crippen LogP contribution in [0.3, 0.4) is 0 Å². The molecule has 0 aliphatic carbocycles. The highest BCUT2D eigenvalue weighted by Gasteiger charge is 2.31. The fourth-order valence-corrected chi connectivity index (χ4v) is 3.75. The predicted molar refractivity (Wildman–Crippen MR) is 133 cm³/mol. The van der Waals surface area contributed by atoms with Gasteiger partial charge in [-0.05, 0) is 57.7 Å². The minimum atomic E-state index is -0.746. The Bertz CT molecular complexity index is 1160. The Morgan fingerprint density at radius 1 is 0.909 bits per heavy atom. The molecule has 0 saturated heterocycles. The first-order valence-corrected chi connectivity index (χ1v) is 11.2. The van der Waals surface area contributed by atoms with Gasteiger partial charge in [0.05, 0.1) is 0 Å². The highest BCUT2D eigenvalue weighted by atomic mass is 16.6. The first-order chi connectivity index (χ1) is 15.5. The summed E-state index contributed by atoms with van der Waals surface area (Å²) in [7, 11) is 0. The van der Waals surface area contributed by atoms with Crippen LogP contribution >= 0.6 is 0 Å². The Kier molecular flexibility index (Phi) is 7.01. The smallest absolute Gasteiger partial charge is 0.423 e. The summed E-state index contributed by atoms with van der Waals surface area (Å²) in [4.78, 5) is 31.5. The number of benzene rings is 2. The highest BCUT2D eigenvalue weighted by molar-refractivity contribution is 6.13. The molecule has 33 heavy (non-hydrogen) atoms. The van der Waals surface area contributed by atoms with Gasteiger partial charge in [0.2, 0.25) is 5.91 Å². The van der Waals surface area contributed by atoms with Crippen LogP contribution in [0.25, 0.3) is 22.3 Å². The summed E-state index contributed by atoms with van der Waals surface area (Å²) >= 11 is 0. The normalized spacial score (nSPS) is 11.2. The van der Waals surface area contributed by atoms with Crippen LogP contribution in [0.5, 0.6) is 0 Å². The second-order valence-electron chi connectivity index (χ2n) is 9.27. The highest BCUT2D eigenvalue weighted by Crippen LogP contribution is 2.39. The molecule has 172 valence electrons. The summed E-state index contributed by atoms with van der Waals surface area (Å²) < 4.78 is 5.55. The summed E-state index contributed by atoms with van der Waals surface area (Å²) in [5, 5.41) is 0. The fraction of sp³-hybridized carbons (Fsp3) is 0.321. The van der Waals surface area contributed by atoms with E-state index in [1.165, 1.54) is 12.5 Å². The number of hydrogen-bond donors (Lipinski definition) is 0. The van der Waals surface area contributed by atoms with Gasteiger partial charge in [-0.25, -0.2) is 9.78 Å². The van der Waals surface area contributed by atoms with Crippen molar-refractivity contribution >= 4 is 17.8 Å². The van der Waals surface area contributed by atoms with Gasteiger partial charge in [-0.15, -0.1) is 0 Å². The lowest BCUT2D eigenvalue weighted by Gasteiger charge is -2.27. The lowest BCUT2D eigenvalue weighted by molar-refractivity contribution is -0.116. The van der Waals surface area contributed by atoms with E-state index < -0.39 is 17.6 Å². The third kappa shape index (κ3) is 5.48. The van der Waals surface area contributed by atoms with Gasteiger partial charge in [-0.2, -0.15) is 4.90 Å². The van der Waals surface area contributed by atoms with Crippen molar-refractivity contribution in [3.05, 3.63) is 71.4 Å². The molecular weight excluding hydrogens is 412 g/mol. The topological polar surface area (TPSA) is 59.5 Å². The molecule has 0 radical (unpaired) electrons. The molecule has 5 nitrogen and oxygen atoms in total. The first kappa shape index (κ1) is 24.2. The van der Waals surface area contributed by atoms with Gasteiger partial charge < -0.3 is 4.74 Å². The van der Waals surface area contributed by atoms with Crippen LogP contribution in [-0.4, -0.2) is 22.6 Å². The number of aromatic nitrogens is 1. The van der Waals surface area contributed by atoms with Crippen molar-refractivity contribution in [2.24, 2.45) is 0 Å². The van der Waals surface area contributed by atoms with E-state index in [0.717, 1.165) is 38.3 Å². The molecule has 1 heterocycles. The molecule has 0 fully saturated rings. The standard InChI is InChI=1S/C28H32N2O3/c1-8-23-24(21-13-9-18(2)10-14-21)17-29-26(25(23)22-15-11-19(3)12-16-22)30(20(4)31)27(32)33-28(5,6)7/h9-17H,8H2,1-7H3. The number of rotatable bonds is 4.